The Hall–Kier alpha value is -4.55. The van der Waals surface area contributed by atoms with Gasteiger partial charge in [-0.05, 0) is 69.7 Å². The van der Waals surface area contributed by atoms with Gasteiger partial charge in [-0.3, -0.25) is 0 Å². The average Bonchev–Trinajstić information content (AvgIpc) is 2.83. The van der Waals surface area contributed by atoms with Crippen LogP contribution in [0.25, 0.3) is 0 Å². The SMILES string of the molecule is Cc1ccc(NC(=O)Nc2ccc(Oc3cc(NCCNC(=O)OC(C)(C)C)ncn3)cc2)cc1C(F)(F)F. The van der Waals surface area contributed by atoms with Crippen LogP contribution >= 0.6 is 0 Å². The topological polar surface area (TPSA) is 127 Å². The molecule has 39 heavy (non-hydrogen) atoms. The second kappa shape index (κ2) is 12.3. The number of rotatable bonds is 8. The van der Waals surface area contributed by atoms with Gasteiger partial charge >= 0.3 is 18.3 Å². The summed E-state index contributed by atoms with van der Waals surface area (Å²) in [6, 6.07) is 10.7. The summed E-state index contributed by atoms with van der Waals surface area (Å²) >= 11 is 0. The highest BCUT2D eigenvalue weighted by Crippen LogP contribution is 2.33. The summed E-state index contributed by atoms with van der Waals surface area (Å²) in [6.45, 7) is 7.38. The number of amides is 3. The third-order valence-electron chi connectivity index (χ3n) is 4.88. The number of hydrogen-bond acceptors (Lipinski definition) is 7. The van der Waals surface area contributed by atoms with Crippen molar-refractivity contribution in [3.8, 4) is 11.6 Å². The number of carbonyl (C=O) groups is 2. The lowest BCUT2D eigenvalue weighted by Gasteiger charge is -2.19. The van der Waals surface area contributed by atoms with E-state index in [1.165, 1.54) is 25.4 Å². The maximum absolute atomic E-state index is 13.1. The Labute approximate surface area is 223 Å². The van der Waals surface area contributed by atoms with Crippen molar-refractivity contribution in [2.24, 2.45) is 0 Å². The molecule has 1 heterocycles. The van der Waals surface area contributed by atoms with E-state index in [9.17, 15) is 22.8 Å². The normalized spacial score (nSPS) is 11.4. The number of alkyl halides is 3. The highest BCUT2D eigenvalue weighted by molar-refractivity contribution is 5.99. The van der Waals surface area contributed by atoms with Gasteiger partial charge in [0.15, 0.2) is 0 Å². The first-order valence-corrected chi connectivity index (χ1v) is 11.8. The van der Waals surface area contributed by atoms with Crippen molar-refractivity contribution >= 4 is 29.3 Å². The summed E-state index contributed by atoms with van der Waals surface area (Å²) in [5, 5.41) is 10.6. The number of alkyl carbamates (subject to hydrolysis) is 1. The van der Waals surface area contributed by atoms with Gasteiger partial charge in [0.05, 0.1) is 5.56 Å². The van der Waals surface area contributed by atoms with Gasteiger partial charge in [0, 0.05) is 30.5 Å². The van der Waals surface area contributed by atoms with E-state index >= 15 is 0 Å². The second-order valence-electron chi connectivity index (χ2n) is 9.33. The molecule has 0 spiro atoms. The number of nitrogens with zero attached hydrogens (tertiary/aromatic N) is 2. The third kappa shape index (κ3) is 9.68. The largest absolute Gasteiger partial charge is 0.444 e. The predicted octanol–water partition coefficient (Wildman–Crippen LogP) is 6.18. The van der Waals surface area contributed by atoms with Crippen molar-refractivity contribution in [2.75, 3.05) is 29.0 Å². The van der Waals surface area contributed by atoms with E-state index in [-0.39, 0.29) is 17.1 Å². The molecule has 3 rings (SSSR count). The van der Waals surface area contributed by atoms with Crippen LogP contribution in [0.4, 0.5) is 40.0 Å². The highest BCUT2D eigenvalue weighted by atomic mass is 19.4. The van der Waals surface area contributed by atoms with Crippen LogP contribution in [-0.2, 0) is 10.9 Å². The van der Waals surface area contributed by atoms with E-state index in [2.05, 4.69) is 31.2 Å². The number of carbonyl (C=O) groups excluding carboxylic acids is 2. The lowest BCUT2D eigenvalue weighted by Crippen LogP contribution is -2.35. The van der Waals surface area contributed by atoms with Crippen LogP contribution in [0, 0.1) is 6.92 Å². The molecule has 10 nitrogen and oxygen atoms in total. The molecule has 0 aliphatic heterocycles. The molecule has 208 valence electrons. The number of nitrogens with one attached hydrogen (secondary N) is 4. The van der Waals surface area contributed by atoms with Gasteiger partial charge in [0.25, 0.3) is 0 Å². The van der Waals surface area contributed by atoms with Crippen molar-refractivity contribution in [2.45, 2.75) is 39.5 Å². The lowest BCUT2D eigenvalue weighted by atomic mass is 10.1. The molecule has 3 aromatic rings. The number of halogens is 3. The fraction of sp³-hybridized carbons (Fsp3) is 0.308. The number of anilines is 3. The first-order chi connectivity index (χ1) is 18.3. The Balaban J connectivity index is 1.49. The number of benzene rings is 2. The fourth-order valence-corrected chi connectivity index (χ4v) is 3.19. The standard InChI is InChI=1S/C26H29F3N6O4/c1-16-5-6-18(13-20(16)26(27,28)29)35-23(36)34-17-7-9-19(10-8-17)38-22-14-21(32-15-33-22)30-11-12-31-24(37)39-25(2,3)4/h5-10,13-15H,11-12H2,1-4H3,(H,31,37)(H,30,32,33)(H2,34,35,36). The molecule has 0 saturated heterocycles. The van der Waals surface area contributed by atoms with Crippen LogP contribution in [0.15, 0.2) is 54.9 Å². The number of aryl methyl sites for hydroxylation is 1. The molecule has 13 heteroatoms. The Morgan fingerprint density at radius 3 is 2.23 bits per heavy atom. The van der Waals surface area contributed by atoms with Gasteiger partial charge in [-0.1, -0.05) is 6.07 Å². The molecule has 0 unspecified atom stereocenters. The molecule has 0 bridgehead atoms. The van der Waals surface area contributed by atoms with Gasteiger partial charge in [-0.15, -0.1) is 0 Å². The van der Waals surface area contributed by atoms with E-state index in [4.69, 9.17) is 9.47 Å². The summed E-state index contributed by atoms with van der Waals surface area (Å²) in [5.41, 5.74) is -0.930. The molecular formula is C26H29F3N6O4. The molecule has 0 atom stereocenters. The first-order valence-electron chi connectivity index (χ1n) is 11.8. The highest BCUT2D eigenvalue weighted by Gasteiger charge is 2.32. The van der Waals surface area contributed by atoms with E-state index in [0.717, 1.165) is 6.07 Å². The smallest absolute Gasteiger partial charge is 0.416 e. The summed E-state index contributed by atoms with van der Waals surface area (Å²) in [5.74, 6) is 1.15. The van der Waals surface area contributed by atoms with Crippen LogP contribution in [0.2, 0.25) is 0 Å². The van der Waals surface area contributed by atoms with E-state index < -0.39 is 29.5 Å². The van der Waals surface area contributed by atoms with Gasteiger partial charge in [0.1, 0.15) is 23.5 Å². The minimum Gasteiger partial charge on any atom is -0.444 e. The molecule has 4 N–H and O–H groups in total. The number of aromatic nitrogens is 2. The third-order valence-corrected chi connectivity index (χ3v) is 4.88. The Kier molecular flexibility index (Phi) is 9.17. The monoisotopic (exact) mass is 546 g/mol. The molecular weight excluding hydrogens is 517 g/mol. The van der Waals surface area contributed by atoms with Crippen molar-refractivity contribution in [1.29, 1.82) is 0 Å². The zero-order valence-corrected chi connectivity index (χ0v) is 21.8. The molecule has 0 saturated carbocycles. The summed E-state index contributed by atoms with van der Waals surface area (Å²) in [7, 11) is 0. The minimum atomic E-state index is -4.52. The van der Waals surface area contributed by atoms with Crippen LogP contribution < -0.4 is 26.0 Å². The van der Waals surface area contributed by atoms with Crippen LogP contribution in [0.3, 0.4) is 0 Å². The van der Waals surface area contributed by atoms with Crippen molar-refractivity contribution < 1.29 is 32.2 Å². The van der Waals surface area contributed by atoms with E-state index in [1.807, 2.05) is 0 Å². The number of ether oxygens (including phenoxy) is 2. The van der Waals surface area contributed by atoms with Crippen LogP contribution in [-0.4, -0.2) is 40.8 Å². The number of hydrogen-bond donors (Lipinski definition) is 4. The Morgan fingerprint density at radius 1 is 0.897 bits per heavy atom. The van der Waals surface area contributed by atoms with Crippen LogP contribution in [0.5, 0.6) is 11.6 Å². The molecule has 0 aliphatic rings. The maximum atomic E-state index is 13.1. The van der Waals surface area contributed by atoms with Crippen molar-refractivity contribution in [1.82, 2.24) is 15.3 Å². The second-order valence-corrected chi connectivity index (χ2v) is 9.33. The molecule has 2 aromatic carbocycles. The quantitative estimate of drug-likeness (QED) is 0.249. The molecule has 0 fully saturated rings. The van der Waals surface area contributed by atoms with Gasteiger partial charge in [-0.25, -0.2) is 19.6 Å². The molecule has 0 aliphatic carbocycles. The Bertz CT molecular complexity index is 1290. The summed E-state index contributed by atoms with van der Waals surface area (Å²) < 4.78 is 50.2. The number of urea groups is 1. The summed E-state index contributed by atoms with van der Waals surface area (Å²) in [6.07, 6.45) is -3.72. The zero-order valence-electron chi connectivity index (χ0n) is 21.8. The van der Waals surface area contributed by atoms with Crippen molar-refractivity contribution in [3.05, 3.63) is 66.0 Å². The van der Waals surface area contributed by atoms with E-state index in [1.54, 1.807) is 51.1 Å². The van der Waals surface area contributed by atoms with Crippen LogP contribution in [0.1, 0.15) is 31.9 Å². The lowest BCUT2D eigenvalue weighted by molar-refractivity contribution is -0.138. The fourth-order valence-electron chi connectivity index (χ4n) is 3.19. The minimum absolute atomic E-state index is 0.0131. The predicted molar refractivity (Wildman–Crippen MR) is 140 cm³/mol. The first kappa shape index (κ1) is 29.0. The van der Waals surface area contributed by atoms with Gasteiger partial charge in [0.2, 0.25) is 5.88 Å². The van der Waals surface area contributed by atoms with Crippen molar-refractivity contribution in [3.63, 3.8) is 0 Å². The van der Waals surface area contributed by atoms with Gasteiger partial charge in [-0.2, -0.15) is 13.2 Å². The molecule has 0 radical (unpaired) electrons. The maximum Gasteiger partial charge on any atom is 0.416 e. The Morgan fingerprint density at radius 2 is 1.56 bits per heavy atom. The van der Waals surface area contributed by atoms with Gasteiger partial charge < -0.3 is 30.7 Å². The summed E-state index contributed by atoms with van der Waals surface area (Å²) in [4.78, 5) is 32.1. The zero-order chi connectivity index (χ0) is 28.6. The molecule has 3 amide bonds. The average molecular weight is 547 g/mol. The van der Waals surface area contributed by atoms with E-state index in [0.29, 0.717) is 30.3 Å². The molecule has 1 aromatic heterocycles.